The summed E-state index contributed by atoms with van der Waals surface area (Å²) in [5, 5.41) is 3.74. The standard InChI is InChI=1S/C15H20F3N3O3/c1-4-6-12(22)21-14(15(16,17)18,13(23)24-5-2)20-11-9-10(3)7-8-19-11/h7-9H,4-6H2,1-3H3,(H,19,20)(H,21,22). The van der Waals surface area contributed by atoms with Crippen molar-refractivity contribution in [1.82, 2.24) is 10.3 Å². The molecule has 24 heavy (non-hydrogen) atoms. The SMILES string of the molecule is CCCC(=O)NC(Nc1cc(C)ccn1)(C(=O)OCC)C(F)(F)F. The van der Waals surface area contributed by atoms with E-state index in [0.717, 1.165) is 0 Å². The van der Waals surface area contributed by atoms with E-state index in [-0.39, 0.29) is 18.8 Å². The van der Waals surface area contributed by atoms with Gasteiger partial charge in [-0.05, 0) is 38.0 Å². The Morgan fingerprint density at radius 3 is 2.46 bits per heavy atom. The van der Waals surface area contributed by atoms with Gasteiger partial charge in [0.25, 0.3) is 0 Å². The van der Waals surface area contributed by atoms with Crippen LogP contribution in [0, 0.1) is 6.92 Å². The van der Waals surface area contributed by atoms with Crippen LogP contribution in [0.2, 0.25) is 0 Å². The minimum absolute atomic E-state index is 0.167. The van der Waals surface area contributed by atoms with Crippen LogP contribution < -0.4 is 10.6 Å². The molecule has 1 aromatic heterocycles. The molecule has 0 spiro atoms. The molecule has 0 bridgehead atoms. The molecule has 1 amide bonds. The molecule has 2 N–H and O–H groups in total. The Kier molecular flexibility index (Phi) is 6.56. The lowest BCUT2D eigenvalue weighted by atomic mass is 10.1. The maximum atomic E-state index is 13.7. The van der Waals surface area contributed by atoms with Gasteiger partial charge in [0, 0.05) is 12.6 Å². The minimum atomic E-state index is -5.14. The van der Waals surface area contributed by atoms with Gasteiger partial charge in [-0.1, -0.05) is 6.92 Å². The topological polar surface area (TPSA) is 80.3 Å². The maximum Gasteiger partial charge on any atom is 0.441 e. The summed E-state index contributed by atoms with van der Waals surface area (Å²) in [6.45, 7) is 4.39. The van der Waals surface area contributed by atoms with Gasteiger partial charge in [-0.2, -0.15) is 13.2 Å². The van der Waals surface area contributed by atoms with Gasteiger partial charge in [0.15, 0.2) is 0 Å². The Bertz CT molecular complexity index is 593. The van der Waals surface area contributed by atoms with Crippen molar-refractivity contribution in [2.75, 3.05) is 11.9 Å². The summed E-state index contributed by atoms with van der Waals surface area (Å²) in [6.07, 6.45) is -3.70. The summed E-state index contributed by atoms with van der Waals surface area (Å²) < 4.78 is 45.7. The Balaban J connectivity index is 3.33. The smallest absolute Gasteiger partial charge is 0.441 e. The van der Waals surface area contributed by atoms with Crippen LogP contribution in [-0.4, -0.2) is 35.3 Å². The molecule has 0 aliphatic rings. The van der Waals surface area contributed by atoms with Crippen molar-refractivity contribution in [3.8, 4) is 0 Å². The lowest BCUT2D eigenvalue weighted by Crippen LogP contribution is -2.69. The molecule has 134 valence electrons. The number of anilines is 1. The number of esters is 1. The van der Waals surface area contributed by atoms with E-state index < -0.39 is 23.7 Å². The van der Waals surface area contributed by atoms with Gasteiger partial charge in [0.2, 0.25) is 5.91 Å². The zero-order chi connectivity index (χ0) is 18.4. The summed E-state index contributed by atoms with van der Waals surface area (Å²) in [4.78, 5) is 27.6. The van der Waals surface area contributed by atoms with Crippen LogP contribution in [-0.2, 0) is 14.3 Å². The molecule has 0 aliphatic carbocycles. The highest BCUT2D eigenvalue weighted by molar-refractivity contribution is 5.91. The number of pyridine rings is 1. The van der Waals surface area contributed by atoms with Crippen molar-refractivity contribution in [1.29, 1.82) is 0 Å². The largest absolute Gasteiger partial charge is 0.463 e. The van der Waals surface area contributed by atoms with Crippen molar-refractivity contribution in [2.45, 2.75) is 45.5 Å². The van der Waals surface area contributed by atoms with Crippen molar-refractivity contribution in [3.05, 3.63) is 23.9 Å². The number of carbonyl (C=O) groups excluding carboxylic acids is 2. The first kappa shape index (κ1) is 19.7. The fourth-order valence-electron chi connectivity index (χ4n) is 1.93. The second-order valence-electron chi connectivity index (χ2n) is 5.11. The van der Waals surface area contributed by atoms with Crippen LogP contribution in [0.15, 0.2) is 18.3 Å². The number of aryl methyl sites for hydroxylation is 1. The summed E-state index contributed by atoms with van der Waals surface area (Å²) in [6, 6.07) is 2.91. The summed E-state index contributed by atoms with van der Waals surface area (Å²) in [5.41, 5.74) is -2.77. The molecule has 1 unspecified atom stereocenters. The van der Waals surface area contributed by atoms with Gasteiger partial charge in [-0.3, -0.25) is 4.79 Å². The number of hydrogen-bond donors (Lipinski definition) is 2. The maximum absolute atomic E-state index is 13.7. The number of alkyl halides is 3. The van der Waals surface area contributed by atoms with Crippen LogP contribution in [0.25, 0.3) is 0 Å². The molecule has 0 saturated carbocycles. The summed E-state index contributed by atoms with van der Waals surface area (Å²) >= 11 is 0. The highest BCUT2D eigenvalue weighted by Gasteiger charge is 2.63. The molecule has 1 atom stereocenters. The van der Waals surface area contributed by atoms with Gasteiger partial charge >= 0.3 is 17.8 Å². The monoisotopic (exact) mass is 347 g/mol. The second-order valence-corrected chi connectivity index (χ2v) is 5.11. The van der Waals surface area contributed by atoms with Gasteiger partial charge < -0.3 is 15.4 Å². The van der Waals surface area contributed by atoms with E-state index >= 15 is 0 Å². The van der Waals surface area contributed by atoms with E-state index in [9.17, 15) is 22.8 Å². The van der Waals surface area contributed by atoms with Gasteiger partial charge in [-0.25, -0.2) is 9.78 Å². The molecule has 0 aromatic carbocycles. The van der Waals surface area contributed by atoms with Gasteiger partial charge in [-0.15, -0.1) is 0 Å². The Morgan fingerprint density at radius 1 is 1.29 bits per heavy atom. The molecule has 1 rings (SSSR count). The Morgan fingerprint density at radius 2 is 1.96 bits per heavy atom. The minimum Gasteiger partial charge on any atom is -0.463 e. The third-order valence-electron chi connectivity index (χ3n) is 3.04. The Hall–Kier alpha value is -2.32. The fourth-order valence-corrected chi connectivity index (χ4v) is 1.93. The van der Waals surface area contributed by atoms with Crippen LogP contribution in [0.4, 0.5) is 19.0 Å². The molecule has 9 heteroatoms. The number of carbonyl (C=O) groups is 2. The summed E-state index contributed by atoms with van der Waals surface area (Å²) in [5.74, 6) is -2.79. The first-order chi connectivity index (χ1) is 11.2. The highest BCUT2D eigenvalue weighted by Crippen LogP contribution is 2.33. The lowest BCUT2D eigenvalue weighted by molar-refractivity contribution is -0.208. The van der Waals surface area contributed by atoms with Crippen LogP contribution in [0.3, 0.4) is 0 Å². The lowest BCUT2D eigenvalue weighted by Gasteiger charge is -2.35. The highest BCUT2D eigenvalue weighted by atomic mass is 19.4. The van der Waals surface area contributed by atoms with Crippen LogP contribution in [0.5, 0.6) is 0 Å². The first-order valence-corrected chi connectivity index (χ1v) is 7.42. The third kappa shape index (κ3) is 4.59. The number of ether oxygens (including phenoxy) is 1. The average Bonchev–Trinajstić information content (AvgIpc) is 2.45. The zero-order valence-corrected chi connectivity index (χ0v) is 13.7. The average molecular weight is 347 g/mol. The number of aromatic nitrogens is 1. The molecular weight excluding hydrogens is 327 g/mol. The number of nitrogens with one attached hydrogen (secondary N) is 2. The molecule has 0 saturated heterocycles. The predicted octanol–water partition coefficient (Wildman–Crippen LogP) is 2.54. The summed E-state index contributed by atoms with van der Waals surface area (Å²) in [7, 11) is 0. The molecule has 0 fully saturated rings. The normalized spacial score (nSPS) is 13.8. The first-order valence-electron chi connectivity index (χ1n) is 7.42. The van der Waals surface area contributed by atoms with Crippen molar-refractivity contribution < 1.29 is 27.5 Å². The number of amides is 1. The van der Waals surface area contributed by atoms with E-state index in [1.54, 1.807) is 25.2 Å². The van der Waals surface area contributed by atoms with Crippen molar-refractivity contribution in [2.24, 2.45) is 0 Å². The van der Waals surface area contributed by atoms with Crippen molar-refractivity contribution in [3.63, 3.8) is 0 Å². The number of hydrogen-bond acceptors (Lipinski definition) is 5. The van der Waals surface area contributed by atoms with Gasteiger partial charge in [0.1, 0.15) is 5.82 Å². The second kappa shape index (κ2) is 7.98. The van der Waals surface area contributed by atoms with Gasteiger partial charge in [0.05, 0.1) is 6.61 Å². The van der Waals surface area contributed by atoms with E-state index in [1.165, 1.54) is 19.2 Å². The fraction of sp³-hybridized carbons (Fsp3) is 0.533. The van der Waals surface area contributed by atoms with Crippen LogP contribution >= 0.6 is 0 Å². The number of rotatable bonds is 7. The van der Waals surface area contributed by atoms with Crippen molar-refractivity contribution >= 4 is 17.7 Å². The van der Waals surface area contributed by atoms with E-state index in [0.29, 0.717) is 12.0 Å². The van der Waals surface area contributed by atoms with E-state index in [2.05, 4.69) is 9.72 Å². The number of nitrogens with zero attached hydrogens (tertiary/aromatic N) is 1. The van der Waals surface area contributed by atoms with E-state index in [1.807, 2.05) is 5.32 Å². The van der Waals surface area contributed by atoms with E-state index in [4.69, 9.17) is 0 Å². The molecule has 1 heterocycles. The molecule has 0 radical (unpaired) electrons. The zero-order valence-electron chi connectivity index (χ0n) is 13.7. The molecule has 1 aromatic rings. The van der Waals surface area contributed by atoms with Crippen LogP contribution in [0.1, 0.15) is 32.3 Å². The predicted molar refractivity (Wildman–Crippen MR) is 81.1 cm³/mol. The third-order valence-corrected chi connectivity index (χ3v) is 3.04. The molecule has 6 nitrogen and oxygen atoms in total. The Labute approximate surface area is 137 Å². The molecular formula is C15H20F3N3O3. The molecule has 0 aliphatic heterocycles. The number of halogens is 3. The quantitative estimate of drug-likeness (QED) is 0.585.